The molecule has 0 unspecified atom stereocenters. The first kappa shape index (κ1) is 23.9. The molecule has 4 heterocycles. The van der Waals surface area contributed by atoms with Gasteiger partial charge < -0.3 is 15.8 Å². The topological polar surface area (TPSA) is 106 Å². The van der Waals surface area contributed by atoms with Gasteiger partial charge in [0.2, 0.25) is 11.5 Å². The summed E-state index contributed by atoms with van der Waals surface area (Å²) in [6.07, 6.45) is 1.70. The number of hydrogen-bond donors (Lipinski definition) is 2. The molecule has 0 atom stereocenters. The Hall–Kier alpha value is -3.82. The van der Waals surface area contributed by atoms with Gasteiger partial charge in [-0.15, -0.1) is 0 Å². The molecule has 0 saturated carbocycles. The van der Waals surface area contributed by atoms with E-state index in [1.807, 2.05) is 50.2 Å². The minimum absolute atomic E-state index is 0.230. The van der Waals surface area contributed by atoms with Gasteiger partial charge in [0.15, 0.2) is 0 Å². The number of rotatable bonds is 6. The first-order valence-corrected chi connectivity index (χ1v) is 12.2. The minimum atomic E-state index is -0.330. The van der Waals surface area contributed by atoms with Crippen LogP contribution in [0.15, 0.2) is 53.5 Å². The zero-order valence-corrected chi connectivity index (χ0v) is 20.7. The second-order valence-electron chi connectivity index (χ2n) is 9.26. The summed E-state index contributed by atoms with van der Waals surface area (Å²) in [5, 5.41) is 3.31. The number of nitrogens with one attached hydrogen (secondary N) is 1. The maximum atomic E-state index is 13.5. The predicted molar refractivity (Wildman–Crippen MR) is 138 cm³/mol. The average Bonchev–Trinajstić information content (AvgIpc) is 2.89. The summed E-state index contributed by atoms with van der Waals surface area (Å²) >= 11 is 0. The van der Waals surface area contributed by atoms with Crippen molar-refractivity contribution >= 4 is 28.4 Å². The molecule has 1 fully saturated rings. The lowest BCUT2D eigenvalue weighted by Gasteiger charge is -2.26. The van der Waals surface area contributed by atoms with Gasteiger partial charge in [-0.2, -0.15) is 0 Å². The smallest absolute Gasteiger partial charge is 0.278 e. The van der Waals surface area contributed by atoms with E-state index < -0.39 is 0 Å². The van der Waals surface area contributed by atoms with Gasteiger partial charge in [0, 0.05) is 37.9 Å². The van der Waals surface area contributed by atoms with E-state index in [0.29, 0.717) is 55.3 Å². The summed E-state index contributed by atoms with van der Waals surface area (Å²) in [5.41, 5.74) is 10.7. The highest BCUT2D eigenvalue weighted by Gasteiger charge is 2.25. The molecule has 1 aliphatic rings. The molecular formula is C27H31N6O3+. The molecule has 3 N–H and O–H groups in total. The molecule has 0 radical (unpaired) electrons. The Morgan fingerprint density at radius 3 is 2.67 bits per heavy atom. The van der Waals surface area contributed by atoms with Crippen LogP contribution in [0.2, 0.25) is 0 Å². The SMILES string of the molecule is Cc1ccc(CNC(=O)c2cc3c(=O)n4cccc(C)c4nc3[n+](CCN3CCOCC3)c2N)cc1. The first-order chi connectivity index (χ1) is 17.4. The lowest BCUT2D eigenvalue weighted by Crippen LogP contribution is -2.48. The van der Waals surface area contributed by atoms with Crippen molar-refractivity contribution in [2.24, 2.45) is 0 Å². The summed E-state index contributed by atoms with van der Waals surface area (Å²) in [4.78, 5) is 33.9. The Balaban J connectivity index is 1.57. The predicted octanol–water partition coefficient (Wildman–Crippen LogP) is 1.60. The van der Waals surface area contributed by atoms with Gasteiger partial charge in [0.25, 0.3) is 17.1 Å². The molecule has 1 aromatic carbocycles. The molecule has 4 aromatic rings. The van der Waals surface area contributed by atoms with Crippen LogP contribution in [-0.2, 0) is 17.8 Å². The number of nitrogen functional groups attached to an aromatic ring is 1. The molecular weight excluding hydrogens is 456 g/mol. The summed E-state index contributed by atoms with van der Waals surface area (Å²) in [6, 6.07) is 13.3. The maximum Gasteiger partial charge on any atom is 0.278 e. The molecule has 1 amide bonds. The minimum Gasteiger partial charge on any atom is -0.379 e. The zero-order chi connectivity index (χ0) is 25.2. The van der Waals surface area contributed by atoms with E-state index >= 15 is 0 Å². The summed E-state index contributed by atoms with van der Waals surface area (Å²) in [7, 11) is 0. The Morgan fingerprint density at radius 2 is 1.92 bits per heavy atom. The Bertz CT molecular complexity index is 1490. The molecule has 3 aromatic heterocycles. The quantitative estimate of drug-likeness (QED) is 0.316. The Morgan fingerprint density at radius 1 is 1.17 bits per heavy atom. The molecule has 1 aliphatic heterocycles. The fourth-order valence-electron chi connectivity index (χ4n) is 4.57. The summed E-state index contributed by atoms with van der Waals surface area (Å²) in [5.74, 6) is -0.0363. The standard InChI is InChI=1S/C27H30N6O3/c1-18-5-7-20(8-6-18)17-29-26(34)21-16-22-25(30-24-19(2)4-3-9-33(24)27(22)35)32(23(21)28)11-10-31-12-14-36-15-13-31/h3-9,16,28H,10-15,17H2,1-2H3,(H,29,34)/p+1. The van der Waals surface area contributed by atoms with E-state index in [1.165, 1.54) is 4.40 Å². The van der Waals surface area contributed by atoms with E-state index in [0.717, 1.165) is 29.8 Å². The molecule has 186 valence electrons. The highest BCUT2D eigenvalue weighted by atomic mass is 16.5. The fraction of sp³-hybridized carbons (Fsp3) is 0.333. The van der Waals surface area contributed by atoms with Crippen molar-refractivity contribution in [2.75, 3.05) is 38.6 Å². The maximum absolute atomic E-state index is 13.5. The number of amides is 1. The van der Waals surface area contributed by atoms with Crippen LogP contribution in [0.25, 0.3) is 16.7 Å². The molecule has 9 nitrogen and oxygen atoms in total. The van der Waals surface area contributed by atoms with Crippen LogP contribution in [-0.4, -0.2) is 53.0 Å². The first-order valence-electron chi connectivity index (χ1n) is 12.2. The van der Waals surface area contributed by atoms with E-state index in [-0.39, 0.29) is 17.0 Å². The van der Waals surface area contributed by atoms with Crippen molar-refractivity contribution in [1.29, 1.82) is 0 Å². The Labute approximate surface area is 209 Å². The fourth-order valence-corrected chi connectivity index (χ4v) is 4.57. The van der Waals surface area contributed by atoms with Gasteiger partial charge in [0.1, 0.15) is 10.9 Å². The van der Waals surface area contributed by atoms with Crippen molar-refractivity contribution in [3.05, 3.63) is 81.3 Å². The lowest BCUT2D eigenvalue weighted by atomic mass is 10.1. The largest absolute Gasteiger partial charge is 0.379 e. The number of aryl methyl sites for hydroxylation is 2. The Kier molecular flexibility index (Phi) is 6.67. The third-order valence-electron chi connectivity index (χ3n) is 6.74. The number of aromatic nitrogens is 3. The van der Waals surface area contributed by atoms with Crippen LogP contribution >= 0.6 is 0 Å². The van der Waals surface area contributed by atoms with Gasteiger partial charge >= 0.3 is 0 Å². The van der Waals surface area contributed by atoms with Crippen LogP contribution < -0.4 is 21.2 Å². The van der Waals surface area contributed by atoms with E-state index in [2.05, 4.69) is 10.2 Å². The lowest BCUT2D eigenvalue weighted by molar-refractivity contribution is -0.658. The molecule has 0 aliphatic carbocycles. The number of hydrogen-bond acceptors (Lipinski definition) is 6. The molecule has 1 saturated heterocycles. The second-order valence-corrected chi connectivity index (χ2v) is 9.26. The molecule has 36 heavy (non-hydrogen) atoms. The normalized spacial score (nSPS) is 14.4. The van der Waals surface area contributed by atoms with Gasteiger partial charge in [0.05, 0.1) is 19.8 Å². The summed E-state index contributed by atoms with van der Waals surface area (Å²) < 4.78 is 8.79. The highest BCUT2D eigenvalue weighted by molar-refractivity contribution is 6.00. The number of pyridine rings is 2. The molecule has 0 bridgehead atoms. The van der Waals surface area contributed by atoms with Crippen molar-refractivity contribution in [1.82, 2.24) is 19.6 Å². The molecule has 9 heteroatoms. The highest BCUT2D eigenvalue weighted by Crippen LogP contribution is 2.16. The van der Waals surface area contributed by atoms with Gasteiger partial charge in [-0.1, -0.05) is 40.9 Å². The van der Waals surface area contributed by atoms with Crippen LogP contribution in [0.1, 0.15) is 27.0 Å². The number of nitrogens with zero attached hydrogens (tertiary/aromatic N) is 4. The van der Waals surface area contributed by atoms with Crippen LogP contribution in [0, 0.1) is 13.8 Å². The number of morpholine rings is 1. The second kappa shape index (κ2) is 10.0. The monoisotopic (exact) mass is 487 g/mol. The molecule has 5 rings (SSSR count). The van der Waals surface area contributed by atoms with Crippen molar-refractivity contribution in [2.45, 2.75) is 26.9 Å². The van der Waals surface area contributed by atoms with E-state index in [1.54, 1.807) is 16.8 Å². The average molecular weight is 488 g/mol. The van der Waals surface area contributed by atoms with Crippen LogP contribution in [0.4, 0.5) is 5.82 Å². The number of nitrogens with two attached hydrogens (primary N) is 1. The number of carbonyl (C=O) groups excluding carboxylic acids is 1. The molecule has 0 spiro atoms. The van der Waals surface area contributed by atoms with Gasteiger partial charge in [-0.25, -0.2) is 4.57 Å². The van der Waals surface area contributed by atoms with Gasteiger partial charge in [-0.3, -0.25) is 18.9 Å². The number of benzene rings is 1. The van der Waals surface area contributed by atoms with Crippen LogP contribution in [0.3, 0.4) is 0 Å². The summed E-state index contributed by atoms with van der Waals surface area (Å²) in [6.45, 7) is 8.52. The number of ether oxygens (including phenoxy) is 1. The van der Waals surface area contributed by atoms with Crippen molar-refractivity contribution in [3.63, 3.8) is 0 Å². The third-order valence-corrected chi connectivity index (χ3v) is 6.74. The van der Waals surface area contributed by atoms with E-state index in [4.69, 9.17) is 15.5 Å². The number of anilines is 1. The van der Waals surface area contributed by atoms with Crippen molar-refractivity contribution in [3.8, 4) is 0 Å². The van der Waals surface area contributed by atoms with E-state index in [9.17, 15) is 9.59 Å². The van der Waals surface area contributed by atoms with Gasteiger partial charge in [-0.05, 0) is 31.5 Å². The zero-order valence-electron chi connectivity index (χ0n) is 20.7. The van der Waals surface area contributed by atoms with Crippen LogP contribution in [0.5, 0.6) is 0 Å². The van der Waals surface area contributed by atoms with Crippen molar-refractivity contribution < 1.29 is 14.1 Å². The number of carbonyl (C=O) groups is 1. The third kappa shape index (κ3) is 4.67. The number of fused-ring (bicyclic) bond motifs is 2.